The zero-order chi connectivity index (χ0) is 23.5. The Morgan fingerprint density at radius 2 is 2.15 bits per heavy atom. The zero-order valence-corrected chi connectivity index (χ0v) is 19.1. The maximum atomic E-state index is 15.1. The first-order valence-electron chi connectivity index (χ1n) is 10.5. The molecule has 1 fully saturated rings. The number of aromatic nitrogens is 2. The van der Waals surface area contributed by atoms with Crippen molar-refractivity contribution in [2.75, 3.05) is 40.5 Å². The maximum Gasteiger partial charge on any atom is 0.251 e. The molecule has 1 aromatic carbocycles. The lowest BCUT2D eigenvalue weighted by Gasteiger charge is -2.33. The van der Waals surface area contributed by atoms with Crippen LogP contribution in [0.2, 0.25) is 5.02 Å². The average molecular weight is 475 g/mol. The Kier molecular flexibility index (Phi) is 6.92. The third-order valence-corrected chi connectivity index (χ3v) is 5.82. The molecule has 1 unspecified atom stereocenters. The minimum atomic E-state index is -0.562. The number of rotatable bonds is 6. The maximum absolute atomic E-state index is 15.1. The van der Waals surface area contributed by atoms with Crippen LogP contribution in [0.15, 0.2) is 36.5 Å². The van der Waals surface area contributed by atoms with Crippen molar-refractivity contribution in [3.05, 3.63) is 58.6 Å². The number of pyridine rings is 1. The van der Waals surface area contributed by atoms with Crippen molar-refractivity contribution in [3.8, 4) is 11.3 Å². The van der Waals surface area contributed by atoms with Gasteiger partial charge in [-0.15, -0.1) is 0 Å². The first-order valence-corrected chi connectivity index (χ1v) is 10.9. The summed E-state index contributed by atoms with van der Waals surface area (Å²) in [6.07, 6.45) is 1.87. The number of carbonyl (C=O) groups excluding carboxylic acids is 2. The van der Waals surface area contributed by atoms with Gasteiger partial charge < -0.3 is 24.1 Å². The van der Waals surface area contributed by atoms with Crippen LogP contribution in [-0.2, 0) is 20.7 Å². The number of hydrogen-bond acceptors (Lipinski definition) is 5. The Hall–Kier alpha value is -3.01. The first kappa shape index (κ1) is 23.2. The van der Waals surface area contributed by atoms with E-state index in [1.54, 1.807) is 35.4 Å². The molecule has 0 radical (unpaired) electrons. The molecular formula is C23H24ClFN4O4. The molecule has 0 aliphatic carbocycles. The van der Waals surface area contributed by atoms with E-state index in [9.17, 15) is 9.59 Å². The number of imidazole rings is 1. The van der Waals surface area contributed by atoms with Crippen LogP contribution in [0.25, 0.3) is 16.9 Å². The number of carbonyl (C=O) groups is 2. The van der Waals surface area contributed by atoms with Crippen LogP contribution in [0.5, 0.6) is 0 Å². The van der Waals surface area contributed by atoms with E-state index in [0.29, 0.717) is 42.5 Å². The van der Waals surface area contributed by atoms with E-state index < -0.39 is 5.82 Å². The number of fused-ring (bicyclic) bond motifs is 1. The van der Waals surface area contributed by atoms with E-state index in [0.717, 1.165) is 5.69 Å². The molecule has 0 bridgehead atoms. The predicted octanol–water partition coefficient (Wildman–Crippen LogP) is 2.57. The van der Waals surface area contributed by atoms with Crippen molar-refractivity contribution < 1.29 is 23.5 Å². The van der Waals surface area contributed by atoms with E-state index in [-0.39, 0.29) is 35.7 Å². The SMILES string of the molecule is CNC(=O)c1ccc(-c2nc3cc(Cl)ccn3c2CC2CN(C(=O)COC)CCO2)c(F)c1. The van der Waals surface area contributed by atoms with Crippen LogP contribution in [-0.4, -0.2) is 72.7 Å². The van der Waals surface area contributed by atoms with Crippen molar-refractivity contribution in [3.63, 3.8) is 0 Å². The molecule has 174 valence electrons. The summed E-state index contributed by atoms with van der Waals surface area (Å²) in [7, 11) is 2.97. The molecule has 0 spiro atoms. The Labute approximate surface area is 195 Å². The lowest BCUT2D eigenvalue weighted by atomic mass is 10.0. The highest BCUT2D eigenvalue weighted by Crippen LogP contribution is 2.30. The minimum absolute atomic E-state index is 0.00891. The van der Waals surface area contributed by atoms with Gasteiger partial charge in [-0.2, -0.15) is 0 Å². The Bertz CT molecular complexity index is 1200. The van der Waals surface area contributed by atoms with Gasteiger partial charge in [0, 0.05) is 62.1 Å². The predicted molar refractivity (Wildman–Crippen MR) is 121 cm³/mol. The molecule has 1 aliphatic rings. The molecule has 8 nitrogen and oxygen atoms in total. The fourth-order valence-electron chi connectivity index (χ4n) is 3.97. The van der Waals surface area contributed by atoms with E-state index in [2.05, 4.69) is 10.3 Å². The number of ether oxygens (including phenoxy) is 2. The normalized spacial score (nSPS) is 16.2. The highest BCUT2D eigenvalue weighted by Gasteiger charge is 2.27. The van der Waals surface area contributed by atoms with E-state index in [1.807, 2.05) is 4.40 Å². The molecule has 0 saturated carbocycles. The molecule has 1 aliphatic heterocycles. The molecule has 4 rings (SSSR count). The minimum Gasteiger partial charge on any atom is -0.375 e. The molecule has 2 amide bonds. The molecule has 33 heavy (non-hydrogen) atoms. The summed E-state index contributed by atoms with van der Waals surface area (Å²) in [6, 6.07) is 7.71. The first-order chi connectivity index (χ1) is 15.9. The van der Waals surface area contributed by atoms with Crippen molar-refractivity contribution in [2.24, 2.45) is 0 Å². The molecule has 2 aromatic heterocycles. The van der Waals surface area contributed by atoms with Gasteiger partial charge in [0.05, 0.1) is 24.1 Å². The Morgan fingerprint density at radius 1 is 1.33 bits per heavy atom. The van der Waals surface area contributed by atoms with Gasteiger partial charge >= 0.3 is 0 Å². The standard InChI is InChI=1S/C23H24ClFN4O4/c1-26-23(31)14-3-4-17(18(25)9-14)22-19(29-6-5-15(24)10-20(29)27-22)11-16-12-28(7-8-33-16)21(30)13-32-2/h3-6,9-10,16H,7-8,11-13H2,1-2H3,(H,26,31). The van der Waals surface area contributed by atoms with E-state index >= 15 is 4.39 Å². The highest BCUT2D eigenvalue weighted by molar-refractivity contribution is 6.30. The number of morpholine rings is 1. The van der Waals surface area contributed by atoms with Gasteiger partial charge in [0.2, 0.25) is 5.91 Å². The topological polar surface area (TPSA) is 85.2 Å². The summed E-state index contributed by atoms with van der Waals surface area (Å²) in [4.78, 5) is 30.5. The molecule has 3 aromatic rings. The van der Waals surface area contributed by atoms with Crippen LogP contribution in [0, 0.1) is 5.82 Å². The van der Waals surface area contributed by atoms with Crippen LogP contribution < -0.4 is 5.32 Å². The second-order valence-corrected chi connectivity index (χ2v) is 8.16. The monoisotopic (exact) mass is 474 g/mol. The lowest BCUT2D eigenvalue weighted by molar-refractivity contribution is -0.142. The summed E-state index contributed by atoms with van der Waals surface area (Å²) in [5.41, 5.74) is 2.20. The molecule has 1 saturated heterocycles. The van der Waals surface area contributed by atoms with Gasteiger partial charge in [0.15, 0.2) is 0 Å². The van der Waals surface area contributed by atoms with Crippen molar-refractivity contribution >= 4 is 29.1 Å². The van der Waals surface area contributed by atoms with Crippen molar-refractivity contribution in [1.29, 1.82) is 0 Å². The van der Waals surface area contributed by atoms with Gasteiger partial charge in [0.1, 0.15) is 18.1 Å². The third-order valence-electron chi connectivity index (χ3n) is 5.58. The number of amides is 2. The number of halogens is 2. The van der Waals surface area contributed by atoms with Crippen LogP contribution in [0.4, 0.5) is 4.39 Å². The number of hydrogen-bond donors (Lipinski definition) is 1. The second-order valence-electron chi connectivity index (χ2n) is 7.72. The quantitative estimate of drug-likeness (QED) is 0.593. The number of methoxy groups -OCH3 is 1. The zero-order valence-electron chi connectivity index (χ0n) is 18.3. The summed E-state index contributed by atoms with van der Waals surface area (Å²) in [5, 5.41) is 2.99. The van der Waals surface area contributed by atoms with E-state index in [1.165, 1.54) is 20.2 Å². The lowest BCUT2D eigenvalue weighted by Crippen LogP contribution is -2.47. The molecular weight excluding hydrogens is 451 g/mol. The second kappa shape index (κ2) is 9.86. The van der Waals surface area contributed by atoms with Gasteiger partial charge in [-0.25, -0.2) is 9.37 Å². The van der Waals surface area contributed by atoms with Gasteiger partial charge in [0.25, 0.3) is 5.91 Å². The highest BCUT2D eigenvalue weighted by atomic mass is 35.5. The summed E-state index contributed by atoms with van der Waals surface area (Å²) in [6.45, 7) is 1.28. The van der Waals surface area contributed by atoms with Crippen LogP contribution in [0.3, 0.4) is 0 Å². The number of benzene rings is 1. The smallest absolute Gasteiger partial charge is 0.251 e. The summed E-state index contributed by atoms with van der Waals surface area (Å²) >= 11 is 6.15. The van der Waals surface area contributed by atoms with Gasteiger partial charge in [-0.05, 0) is 24.3 Å². The summed E-state index contributed by atoms with van der Waals surface area (Å²) < 4.78 is 27.8. The largest absolute Gasteiger partial charge is 0.375 e. The molecule has 3 heterocycles. The van der Waals surface area contributed by atoms with Gasteiger partial charge in [-0.3, -0.25) is 9.59 Å². The van der Waals surface area contributed by atoms with Gasteiger partial charge in [-0.1, -0.05) is 11.6 Å². The van der Waals surface area contributed by atoms with Crippen molar-refractivity contribution in [1.82, 2.24) is 19.6 Å². The Morgan fingerprint density at radius 3 is 2.88 bits per heavy atom. The average Bonchev–Trinajstić information content (AvgIpc) is 3.15. The third kappa shape index (κ3) is 4.85. The molecule has 10 heteroatoms. The molecule has 1 atom stereocenters. The summed E-state index contributed by atoms with van der Waals surface area (Å²) in [5.74, 6) is -1.04. The van der Waals surface area contributed by atoms with E-state index in [4.69, 9.17) is 21.1 Å². The number of nitrogens with one attached hydrogen (secondary N) is 1. The van der Waals surface area contributed by atoms with Crippen molar-refractivity contribution in [2.45, 2.75) is 12.5 Å². The molecule has 1 N–H and O–H groups in total. The fraction of sp³-hybridized carbons (Fsp3) is 0.348. The van der Waals surface area contributed by atoms with Crippen LogP contribution >= 0.6 is 11.6 Å². The Balaban J connectivity index is 1.71. The fourth-order valence-corrected chi connectivity index (χ4v) is 4.13. The van der Waals surface area contributed by atoms with Crippen LogP contribution in [0.1, 0.15) is 16.1 Å². The number of nitrogens with zero attached hydrogens (tertiary/aromatic N) is 3.